The number of nitrogens with one attached hydrogen (secondary N) is 1. The predicted molar refractivity (Wildman–Crippen MR) is 62.1 cm³/mol. The van der Waals surface area contributed by atoms with Crippen molar-refractivity contribution in [3.05, 3.63) is 29.6 Å². The van der Waals surface area contributed by atoms with Crippen molar-refractivity contribution in [2.45, 2.75) is 6.42 Å². The molecule has 1 N–H and O–H groups in total. The fourth-order valence-electron chi connectivity index (χ4n) is 1.30. The summed E-state index contributed by atoms with van der Waals surface area (Å²) in [5.74, 6) is -3.08. The van der Waals surface area contributed by atoms with Crippen LogP contribution in [0.2, 0.25) is 0 Å². The minimum atomic E-state index is -1.19. The van der Waals surface area contributed by atoms with Gasteiger partial charge in [0.1, 0.15) is 5.82 Å². The van der Waals surface area contributed by atoms with Crippen LogP contribution in [0.4, 0.5) is 18.9 Å². The number of benzene rings is 1. The minimum absolute atomic E-state index is 0.0502. The lowest BCUT2D eigenvalue weighted by molar-refractivity contribution is 0.0705. The second-order valence-electron chi connectivity index (χ2n) is 3.63. The highest BCUT2D eigenvalue weighted by Gasteiger charge is 2.08. The summed E-state index contributed by atoms with van der Waals surface area (Å²) in [6, 6.07) is 1.32. The number of anilines is 1. The van der Waals surface area contributed by atoms with E-state index in [-0.39, 0.29) is 5.69 Å². The molecule has 0 aliphatic heterocycles. The van der Waals surface area contributed by atoms with Crippen molar-refractivity contribution in [2.24, 2.45) is 0 Å². The fourth-order valence-corrected chi connectivity index (χ4v) is 1.30. The van der Waals surface area contributed by atoms with Crippen LogP contribution in [0.15, 0.2) is 12.1 Å². The maximum absolute atomic E-state index is 13.2. The van der Waals surface area contributed by atoms with Crippen LogP contribution in [0.3, 0.4) is 0 Å². The molecule has 18 heavy (non-hydrogen) atoms. The first-order valence-electron chi connectivity index (χ1n) is 5.60. The highest BCUT2D eigenvalue weighted by Crippen LogP contribution is 2.18. The van der Waals surface area contributed by atoms with Crippen molar-refractivity contribution in [2.75, 3.05) is 38.8 Å². The number of rotatable bonds is 8. The summed E-state index contributed by atoms with van der Waals surface area (Å²) < 4.78 is 48.7. The first-order chi connectivity index (χ1) is 8.65. The molecule has 0 saturated heterocycles. The lowest BCUT2D eigenvalue weighted by atomic mass is 10.2. The Morgan fingerprint density at radius 3 is 2.44 bits per heavy atom. The molecular formula is C12H16F3NO2. The Morgan fingerprint density at radius 2 is 1.72 bits per heavy atom. The van der Waals surface area contributed by atoms with Crippen molar-refractivity contribution >= 4 is 5.69 Å². The Hall–Kier alpha value is -1.27. The van der Waals surface area contributed by atoms with E-state index in [9.17, 15) is 13.2 Å². The SMILES string of the molecule is COCCOCCCNc1cc(F)c(F)cc1F. The number of halogens is 3. The van der Waals surface area contributed by atoms with Crippen LogP contribution in [0, 0.1) is 17.5 Å². The number of methoxy groups -OCH3 is 1. The van der Waals surface area contributed by atoms with Crippen LogP contribution < -0.4 is 5.32 Å². The molecule has 0 atom stereocenters. The lowest BCUT2D eigenvalue weighted by Gasteiger charge is -2.08. The molecule has 0 aromatic heterocycles. The smallest absolute Gasteiger partial charge is 0.161 e. The van der Waals surface area contributed by atoms with Crippen molar-refractivity contribution in [1.29, 1.82) is 0 Å². The van der Waals surface area contributed by atoms with Gasteiger partial charge in [0.05, 0.1) is 18.9 Å². The van der Waals surface area contributed by atoms with Crippen molar-refractivity contribution < 1.29 is 22.6 Å². The van der Waals surface area contributed by atoms with Crippen LogP contribution in [0.25, 0.3) is 0 Å². The van der Waals surface area contributed by atoms with Gasteiger partial charge >= 0.3 is 0 Å². The third-order valence-electron chi connectivity index (χ3n) is 2.22. The molecule has 102 valence electrons. The molecule has 1 aromatic rings. The summed E-state index contributed by atoms with van der Waals surface area (Å²) in [4.78, 5) is 0. The van der Waals surface area contributed by atoms with Gasteiger partial charge in [-0.1, -0.05) is 0 Å². The molecule has 3 nitrogen and oxygen atoms in total. The van der Waals surface area contributed by atoms with Gasteiger partial charge in [-0.2, -0.15) is 0 Å². The Morgan fingerprint density at radius 1 is 1.00 bits per heavy atom. The summed E-state index contributed by atoms with van der Waals surface area (Å²) >= 11 is 0. The molecule has 0 bridgehead atoms. The van der Waals surface area contributed by atoms with Crippen LogP contribution in [0.1, 0.15) is 6.42 Å². The largest absolute Gasteiger partial charge is 0.383 e. The lowest BCUT2D eigenvalue weighted by Crippen LogP contribution is -2.09. The molecule has 0 saturated carbocycles. The van der Waals surface area contributed by atoms with Crippen LogP contribution in [-0.4, -0.2) is 33.5 Å². The maximum atomic E-state index is 13.2. The van der Waals surface area contributed by atoms with Gasteiger partial charge in [-0.15, -0.1) is 0 Å². The van der Waals surface area contributed by atoms with Gasteiger partial charge in [-0.25, -0.2) is 13.2 Å². The standard InChI is InChI=1S/C12H16F3NO2/c1-17-5-6-18-4-2-3-16-12-8-10(14)9(13)7-11(12)15/h7-8,16H,2-6H2,1H3. The van der Waals surface area contributed by atoms with Gasteiger partial charge in [0.15, 0.2) is 11.6 Å². The zero-order chi connectivity index (χ0) is 13.4. The molecule has 6 heteroatoms. The van der Waals surface area contributed by atoms with Gasteiger partial charge in [0.25, 0.3) is 0 Å². The number of hydrogen-bond acceptors (Lipinski definition) is 3. The number of ether oxygens (including phenoxy) is 2. The average molecular weight is 263 g/mol. The van der Waals surface area contributed by atoms with Gasteiger partial charge in [-0.3, -0.25) is 0 Å². The minimum Gasteiger partial charge on any atom is -0.383 e. The topological polar surface area (TPSA) is 30.5 Å². The first kappa shape index (κ1) is 14.8. The predicted octanol–water partition coefficient (Wildman–Crippen LogP) is 2.57. The summed E-state index contributed by atoms with van der Waals surface area (Å²) in [7, 11) is 1.58. The monoisotopic (exact) mass is 263 g/mol. The number of hydrogen-bond donors (Lipinski definition) is 1. The highest BCUT2D eigenvalue weighted by atomic mass is 19.2. The van der Waals surface area contributed by atoms with E-state index >= 15 is 0 Å². The van der Waals surface area contributed by atoms with Gasteiger partial charge < -0.3 is 14.8 Å². The van der Waals surface area contributed by atoms with E-state index < -0.39 is 17.5 Å². The van der Waals surface area contributed by atoms with Crippen molar-refractivity contribution in [1.82, 2.24) is 0 Å². The third-order valence-corrected chi connectivity index (χ3v) is 2.22. The van der Waals surface area contributed by atoms with E-state index in [1.54, 1.807) is 7.11 Å². The van der Waals surface area contributed by atoms with Gasteiger partial charge in [0, 0.05) is 32.4 Å². The van der Waals surface area contributed by atoms with E-state index in [0.717, 1.165) is 6.07 Å². The quantitative estimate of drug-likeness (QED) is 0.577. The second kappa shape index (κ2) is 7.94. The zero-order valence-electron chi connectivity index (χ0n) is 10.1. The summed E-state index contributed by atoms with van der Waals surface area (Å²) in [5.41, 5.74) is -0.0502. The summed E-state index contributed by atoms with van der Waals surface area (Å²) in [6.07, 6.45) is 0.627. The fraction of sp³-hybridized carbons (Fsp3) is 0.500. The third kappa shape index (κ3) is 4.93. The molecule has 0 spiro atoms. The molecule has 0 amide bonds. The van der Waals surface area contributed by atoms with E-state index in [1.165, 1.54) is 0 Å². The molecule has 1 aromatic carbocycles. The van der Waals surface area contributed by atoms with Gasteiger partial charge in [0.2, 0.25) is 0 Å². The van der Waals surface area contributed by atoms with Crippen LogP contribution in [-0.2, 0) is 9.47 Å². The molecule has 0 unspecified atom stereocenters. The van der Waals surface area contributed by atoms with Gasteiger partial charge in [-0.05, 0) is 6.42 Å². The molecular weight excluding hydrogens is 247 g/mol. The zero-order valence-corrected chi connectivity index (χ0v) is 10.1. The Balaban J connectivity index is 2.25. The highest BCUT2D eigenvalue weighted by molar-refractivity contribution is 5.45. The van der Waals surface area contributed by atoms with E-state index in [2.05, 4.69) is 5.32 Å². The summed E-state index contributed by atoms with van der Waals surface area (Å²) in [6.45, 7) is 1.91. The molecule has 0 radical (unpaired) electrons. The van der Waals surface area contributed by atoms with E-state index in [0.29, 0.717) is 38.9 Å². The average Bonchev–Trinajstić information content (AvgIpc) is 2.34. The second-order valence-corrected chi connectivity index (χ2v) is 3.63. The van der Waals surface area contributed by atoms with Crippen molar-refractivity contribution in [3.63, 3.8) is 0 Å². The van der Waals surface area contributed by atoms with Crippen LogP contribution >= 0.6 is 0 Å². The molecule has 1 rings (SSSR count). The molecule has 0 aliphatic rings. The first-order valence-corrected chi connectivity index (χ1v) is 5.60. The van der Waals surface area contributed by atoms with E-state index in [4.69, 9.17) is 9.47 Å². The molecule has 0 heterocycles. The Labute approximate surface area is 104 Å². The van der Waals surface area contributed by atoms with E-state index in [1.807, 2.05) is 0 Å². The van der Waals surface area contributed by atoms with Crippen LogP contribution in [0.5, 0.6) is 0 Å². The molecule has 0 fully saturated rings. The summed E-state index contributed by atoms with van der Waals surface area (Å²) in [5, 5.41) is 2.68. The molecule has 0 aliphatic carbocycles. The Kier molecular flexibility index (Phi) is 6.53. The normalized spacial score (nSPS) is 10.7. The Bertz CT molecular complexity index is 375. The van der Waals surface area contributed by atoms with Crippen molar-refractivity contribution in [3.8, 4) is 0 Å². The maximum Gasteiger partial charge on any atom is 0.161 e.